The Hall–Kier alpha value is 0.464. The fraction of sp³-hybridized carbons (Fsp3) is 0. The second kappa shape index (κ2) is 4.62. The van der Waals surface area contributed by atoms with Crippen molar-refractivity contribution < 1.29 is 39.6 Å². The molecule has 4 nitrogen and oxygen atoms in total. The fourth-order valence-electron chi connectivity index (χ4n) is 0. The number of rotatable bonds is 0. The average molecular weight is 167 g/mol. The second-order valence-corrected chi connectivity index (χ2v) is 1.42. The molecule has 0 saturated carbocycles. The molecule has 0 aromatic rings. The maximum absolute atomic E-state index is 10.4. The van der Waals surface area contributed by atoms with E-state index >= 15 is 0 Å². The Bertz CT molecular complexity index is 67.5. The quantitative estimate of drug-likeness (QED) is 0.495. The molecule has 0 heterocycles. The van der Waals surface area contributed by atoms with Gasteiger partial charge in [0.1, 0.15) is 0 Å². The van der Waals surface area contributed by atoms with E-state index in [0.29, 0.717) is 0 Å². The van der Waals surface area contributed by atoms with Gasteiger partial charge in [-0.05, 0) is 0 Å². The van der Waals surface area contributed by atoms with E-state index in [9.17, 15) is 4.20 Å². The van der Waals surface area contributed by atoms with Crippen molar-refractivity contribution in [2.24, 2.45) is 0 Å². The summed E-state index contributed by atoms with van der Waals surface area (Å²) in [7, 11) is -5.14. The van der Waals surface area contributed by atoms with Gasteiger partial charge in [0.2, 0.25) is 0 Å². The van der Waals surface area contributed by atoms with Gasteiger partial charge in [-0.15, -0.1) is 4.20 Å². The molecule has 0 aromatic heterocycles. The monoisotopic (exact) mass is 167 g/mol. The van der Waals surface area contributed by atoms with E-state index in [-0.39, 0.29) is 0 Å². The van der Waals surface area contributed by atoms with Crippen LogP contribution < -0.4 is 0 Å². The zero-order valence-corrected chi connectivity index (χ0v) is 5.27. The summed E-state index contributed by atoms with van der Waals surface area (Å²) in [6.07, 6.45) is 0. The van der Waals surface area contributed by atoms with Gasteiger partial charge in [-0.1, -0.05) is 0 Å². The minimum absolute atomic E-state index is 1.06. The molecule has 0 aromatic carbocycles. The van der Waals surface area contributed by atoms with Crippen LogP contribution in [0.15, 0.2) is 0 Å². The van der Waals surface area contributed by atoms with Crippen molar-refractivity contribution in [2.45, 2.75) is 0 Å². The van der Waals surface area contributed by atoms with Gasteiger partial charge in [-0.2, -0.15) is 0 Å². The summed E-state index contributed by atoms with van der Waals surface area (Å²) < 4.78 is 27.2. The molecule has 0 aliphatic carbocycles. The molecule has 43 valence electrons. The summed E-state index contributed by atoms with van der Waals surface area (Å²) in [4.78, 5) is 13.9. The van der Waals surface area contributed by atoms with E-state index in [4.69, 9.17) is 18.0 Å². The van der Waals surface area contributed by atoms with Crippen molar-refractivity contribution in [3.05, 3.63) is 0 Å². The first kappa shape index (κ1) is 10.4. The van der Waals surface area contributed by atoms with Crippen LogP contribution in [0.5, 0.6) is 0 Å². The van der Waals surface area contributed by atoms with Crippen LogP contribution in [0.2, 0.25) is 0 Å². The third kappa shape index (κ3) is 597. The molecular weight excluding hydrogens is 165 g/mol. The van der Waals surface area contributed by atoms with E-state index in [2.05, 4.69) is 0 Å². The Morgan fingerprint density at radius 2 is 1.43 bits per heavy atom. The van der Waals surface area contributed by atoms with Gasteiger partial charge in [0.05, 0.1) is 0 Å². The van der Waals surface area contributed by atoms with E-state index in [0.717, 1.165) is 17.4 Å². The molecule has 0 amide bonds. The second-order valence-electron chi connectivity index (χ2n) is 0.473. The maximum atomic E-state index is 10.4. The third-order valence-corrected chi connectivity index (χ3v) is 0. The van der Waals surface area contributed by atoms with Crippen molar-refractivity contribution in [2.75, 3.05) is 0 Å². The van der Waals surface area contributed by atoms with Crippen LogP contribution in [0.4, 0.5) is 4.20 Å². The van der Waals surface area contributed by atoms with Crippen molar-refractivity contribution in [1.29, 1.82) is 0 Å². The molecule has 0 aliphatic rings. The Balaban J connectivity index is 0. The predicted molar refractivity (Wildman–Crippen MR) is 13.8 cm³/mol. The standard InChI is InChI=1S/FH2O3P.O.V/c1-5(2,3)4;;/h(H2,2,3,4);;. The van der Waals surface area contributed by atoms with Crippen molar-refractivity contribution >= 4 is 7.91 Å². The van der Waals surface area contributed by atoms with Gasteiger partial charge in [0.15, 0.2) is 0 Å². The molecule has 0 fully saturated rings. The van der Waals surface area contributed by atoms with Gasteiger partial charge in [0, 0.05) is 0 Å². The van der Waals surface area contributed by atoms with Crippen molar-refractivity contribution in [3.8, 4) is 0 Å². The molecule has 0 spiro atoms. The zero-order valence-electron chi connectivity index (χ0n) is 2.98. The number of hydrogen-bond acceptors (Lipinski definition) is 2. The first-order chi connectivity index (χ1) is 3.00. The van der Waals surface area contributed by atoms with Gasteiger partial charge in [-0.3, -0.25) is 9.79 Å². The molecule has 0 aliphatic heterocycles. The summed E-state index contributed by atoms with van der Waals surface area (Å²) in [5.74, 6) is 0. The summed E-state index contributed by atoms with van der Waals surface area (Å²) in [6, 6.07) is 0. The first-order valence-electron chi connectivity index (χ1n) is 0.934. The van der Waals surface area contributed by atoms with Crippen LogP contribution >= 0.6 is 7.91 Å². The van der Waals surface area contributed by atoms with E-state index < -0.39 is 7.91 Å². The SMILES string of the molecule is O=P(O)(O)F.[O]=[V]. The fourth-order valence-corrected chi connectivity index (χ4v) is 0. The predicted octanol–water partition coefficient (Wildman–Crippen LogP) is -0.0727. The third-order valence-electron chi connectivity index (χ3n) is 0. The van der Waals surface area contributed by atoms with Crippen LogP contribution in [-0.4, -0.2) is 9.79 Å². The van der Waals surface area contributed by atoms with Crippen LogP contribution in [0, 0.1) is 0 Å². The average Bonchev–Trinajstić information content (AvgIpc) is 1.36. The zero-order chi connectivity index (χ0) is 6.50. The Kier molecular flexibility index (Phi) is 6.89. The molecule has 0 rings (SSSR count). The Morgan fingerprint density at radius 3 is 1.43 bits per heavy atom. The summed E-state index contributed by atoms with van der Waals surface area (Å²) in [5, 5.41) is 0. The van der Waals surface area contributed by atoms with Crippen LogP contribution in [0.1, 0.15) is 0 Å². The van der Waals surface area contributed by atoms with E-state index in [1.54, 1.807) is 0 Å². The molecule has 7 heavy (non-hydrogen) atoms. The van der Waals surface area contributed by atoms with Gasteiger partial charge < -0.3 is 0 Å². The summed E-state index contributed by atoms with van der Waals surface area (Å²) in [6.45, 7) is 0. The first-order valence-corrected chi connectivity index (χ1v) is 3.01. The molecule has 2 N–H and O–H groups in total. The molecule has 0 unspecified atom stereocenters. The van der Waals surface area contributed by atoms with Gasteiger partial charge in [0.25, 0.3) is 0 Å². The Morgan fingerprint density at radius 1 is 1.43 bits per heavy atom. The normalized spacial score (nSPS) is 8.86. The van der Waals surface area contributed by atoms with Gasteiger partial charge >= 0.3 is 28.9 Å². The van der Waals surface area contributed by atoms with E-state index in [1.807, 2.05) is 0 Å². The minimum atomic E-state index is -5.14. The molecule has 7 heteroatoms. The summed E-state index contributed by atoms with van der Waals surface area (Å²) >= 11 is 1.06. The van der Waals surface area contributed by atoms with Crippen LogP contribution in [0.25, 0.3) is 0 Å². The summed E-state index contributed by atoms with van der Waals surface area (Å²) in [5.41, 5.74) is 0. The number of hydrogen-bond donors (Lipinski definition) is 2. The van der Waals surface area contributed by atoms with Crippen LogP contribution in [0.3, 0.4) is 0 Å². The molecule has 0 bridgehead atoms. The molecular formula is H2FO4PV. The molecule has 0 atom stereocenters. The van der Waals surface area contributed by atoms with Crippen molar-refractivity contribution in [1.82, 2.24) is 0 Å². The Labute approximate surface area is 48.2 Å². The molecule has 0 radical (unpaired) electrons. The van der Waals surface area contributed by atoms with Gasteiger partial charge in [-0.25, -0.2) is 4.57 Å². The van der Waals surface area contributed by atoms with Crippen LogP contribution in [-0.2, 0) is 25.6 Å². The van der Waals surface area contributed by atoms with Crippen molar-refractivity contribution in [3.63, 3.8) is 0 Å². The molecule has 0 saturated heterocycles. The van der Waals surface area contributed by atoms with E-state index in [1.165, 1.54) is 0 Å². The number of halogens is 1. The topological polar surface area (TPSA) is 74.6 Å².